The van der Waals surface area contributed by atoms with Crippen molar-refractivity contribution in [2.24, 2.45) is 0 Å². The van der Waals surface area contributed by atoms with E-state index in [0.29, 0.717) is 24.0 Å². The molecule has 0 spiro atoms. The van der Waals surface area contributed by atoms with Crippen LogP contribution in [-0.2, 0) is 0 Å². The molecule has 1 aromatic rings. The highest BCUT2D eigenvalue weighted by Crippen LogP contribution is 2.34. The summed E-state index contributed by atoms with van der Waals surface area (Å²) in [5.74, 6) is 0.346. The molecular formula is C7H12N4O2S. The Labute approximate surface area is 85.5 Å². The van der Waals surface area contributed by atoms with Gasteiger partial charge in [-0.1, -0.05) is 0 Å². The van der Waals surface area contributed by atoms with Crippen molar-refractivity contribution in [3.63, 3.8) is 0 Å². The third-order valence-corrected chi connectivity index (χ3v) is 2.41. The van der Waals surface area contributed by atoms with Crippen molar-refractivity contribution in [2.75, 3.05) is 23.7 Å². The van der Waals surface area contributed by atoms with Crippen molar-refractivity contribution in [1.82, 2.24) is 4.98 Å². The van der Waals surface area contributed by atoms with Gasteiger partial charge in [0.1, 0.15) is 0 Å². The number of rotatable bonds is 5. The van der Waals surface area contributed by atoms with E-state index in [0.717, 1.165) is 11.3 Å². The van der Waals surface area contributed by atoms with Gasteiger partial charge in [-0.25, -0.2) is 0 Å². The fraction of sp³-hybridized carbons (Fsp3) is 0.571. The van der Waals surface area contributed by atoms with Gasteiger partial charge in [0.25, 0.3) is 0 Å². The Morgan fingerprint density at radius 2 is 2.07 bits per heavy atom. The van der Waals surface area contributed by atoms with E-state index < -0.39 is 4.92 Å². The van der Waals surface area contributed by atoms with Crippen molar-refractivity contribution in [3.05, 3.63) is 10.1 Å². The van der Waals surface area contributed by atoms with E-state index >= 15 is 0 Å². The maximum atomic E-state index is 10.6. The number of anilines is 2. The number of thiazole rings is 1. The van der Waals surface area contributed by atoms with Crippen LogP contribution in [0.4, 0.5) is 16.0 Å². The van der Waals surface area contributed by atoms with Crippen molar-refractivity contribution in [3.8, 4) is 0 Å². The minimum atomic E-state index is -0.420. The molecule has 0 saturated carbocycles. The van der Waals surface area contributed by atoms with Crippen LogP contribution in [0.3, 0.4) is 0 Å². The summed E-state index contributed by atoms with van der Waals surface area (Å²) in [6.07, 6.45) is 0. The number of nitrogens with one attached hydrogen (secondary N) is 2. The molecule has 0 unspecified atom stereocenters. The first kappa shape index (κ1) is 10.7. The number of hydrogen-bond donors (Lipinski definition) is 2. The average Bonchev–Trinajstić information content (AvgIpc) is 2.49. The summed E-state index contributed by atoms with van der Waals surface area (Å²) in [5, 5.41) is 17.1. The molecule has 0 aliphatic carbocycles. The lowest BCUT2D eigenvalue weighted by Gasteiger charge is -1.95. The largest absolute Gasteiger partial charge is 0.369 e. The zero-order chi connectivity index (χ0) is 10.6. The molecule has 6 nitrogen and oxygen atoms in total. The zero-order valence-electron chi connectivity index (χ0n) is 8.03. The second-order valence-corrected chi connectivity index (χ2v) is 3.47. The number of nitro groups is 1. The summed E-state index contributed by atoms with van der Waals surface area (Å²) >= 11 is 1.05. The van der Waals surface area contributed by atoms with Crippen molar-refractivity contribution >= 4 is 27.3 Å². The van der Waals surface area contributed by atoms with Crippen LogP contribution in [-0.4, -0.2) is 23.0 Å². The first-order valence-electron chi connectivity index (χ1n) is 4.32. The molecule has 0 atom stereocenters. The van der Waals surface area contributed by atoms with E-state index in [9.17, 15) is 10.1 Å². The summed E-state index contributed by atoms with van der Waals surface area (Å²) in [4.78, 5) is 14.3. The molecule has 0 aliphatic rings. The van der Waals surface area contributed by atoms with Gasteiger partial charge in [-0.05, 0) is 25.2 Å². The molecule has 1 aromatic heterocycles. The standard InChI is InChI=1S/C7H12N4O2S/c1-3-8-5-6(11(12)13)14-7(10-5)9-4-2/h8H,3-4H2,1-2H3,(H,9,10). The lowest BCUT2D eigenvalue weighted by atomic mass is 10.6. The number of nitrogens with zero attached hydrogens (tertiary/aromatic N) is 2. The minimum absolute atomic E-state index is 0.0581. The van der Waals surface area contributed by atoms with E-state index in [1.807, 2.05) is 13.8 Å². The van der Waals surface area contributed by atoms with Gasteiger partial charge in [0, 0.05) is 13.1 Å². The summed E-state index contributed by atoms with van der Waals surface area (Å²) in [5.41, 5.74) is 0. The van der Waals surface area contributed by atoms with E-state index in [4.69, 9.17) is 0 Å². The maximum Gasteiger partial charge on any atom is 0.369 e. The molecule has 0 saturated heterocycles. The Kier molecular flexibility index (Phi) is 3.63. The molecule has 78 valence electrons. The van der Waals surface area contributed by atoms with Crippen molar-refractivity contribution in [2.45, 2.75) is 13.8 Å². The van der Waals surface area contributed by atoms with Crippen LogP contribution in [0.15, 0.2) is 0 Å². The molecule has 1 rings (SSSR count). The lowest BCUT2D eigenvalue weighted by Crippen LogP contribution is -2.00. The van der Waals surface area contributed by atoms with E-state index in [-0.39, 0.29) is 5.00 Å². The third kappa shape index (κ3) is 2.32. The Hall–Kier alpha value is -1.37. The lowest BCUT2D eigenvalue weighted by molar-refractivity contribution is -0.379. The second kappa shape index (κ2) is 4.75. The molecule has 7 heteroatoms. The summed E-state index contributed by atoms with van der Waals surface area (Å²) < 4.78 is 0. The molecule has 0 radical (unpaired) electrons. The Balaban J connectivity index is 2.93. The van der Waals surface area contributed by atoms with Crippen LogP contribution in [0, 0.1) is 10.1 Å². The van der Waals surface area contributed by atoms with Crippen LogP contribution in [0.5, 0.6) is 0 Å². The predicted molar refractivity (Wildman–Crippen MR) is 57.1 cm³/mol. The summed E-state index contributed by atoms with van der Waals surface area (Å²) in [6.45, 7) is 5.11. The van der Waals surface area contributed by atoms with E-state index in [1.54, 1.807) is 0 Å². The molecule has 0 amide bonds. The first-order chi connectivity index (χ1) is 6.69. The highest BCUT2D eigenvalue weighted by atomic mass is 32.1. The van der Waals surface area contributed by atoms with Gasteiger partial charge in [-0.2, -0.15) is 4.98 Å². The Morgan fingerprint density at radius 3 is 2.57 bits per heavy atom. The van der Waals surface area contributed by atoms with Gasteiger partial charge in [-0.3, -0.25) is 10.1 Å². The van der Waals surface area contributed by atoms with E-state index in [2.05, 4.69) is 15.6 Å². The van der Waals surface area contributed by atoms with Crippen LogP contribution >= 0.6 is 11.3 Å². The fourth-order valence-corrected chi connectivity index (χ4v) is 1.77. The summed E-state index contributed by atoms with van der Waals surface area (Å²) in [6, 6.07) is 0. The van der Waals surface area contributed by atoms with Gasteiger partial charge in [0.05, 0.1) is 4.92 Å². The molecule has 2 N–H and O–H groups in total. The predicted octanol–water partition coefficient (Wildman–Crippen LogP) is 1.91. The minimum Gasteiger partial charge on any atom is -0.364 e. The van der Waals surface area contributed by atoms with Gasteiger partial charge in [0.15, 0.2) is 5.13 Å². The summed E-state index contributed by atoms with van der Waals surface area (Å²) in [7, 11) is 0. The quantitative estimate of drug-likeness (QED) is 0.580. The number of aromatic nitrogens is 1. The van der Waals surface area contributed by atoms with Crippen molar-refractivity contribution in [1.29, 1.82) is 0 Å². The molecule has 1 heterocycles. The molecular weight excluding hydrogens is 204 g/mol. The highest BCUT2D eigenvalue weighted by molar-refractivity contribution is 7.19. The van der Waals surface area contributed by atoms with Crippen LogP contribution in [0.2, 0.25) is 0 Å². The topological polar surface area (TPSA) is 80.1 Å². The zero-order valence-corrected chi connectivity index (χ0v) is 8.85. The molecule has 0 aliphatic heterocycles. The Morgan fingerprint density at radius 1 is 1.43 bits per heavy atom. The molecule has 14 heavy (non-hydrogen) atoms. The molecule has 0 bridgehead atoms. The molecule has 0 aromatic carbocycles. The SMILES string of the molecule is CCNc1nc(NCC)c([N+](=O)[O-])s1. The Bertz CT molecular complexity index is 325. The average molecular weight is 216 g/mol. The van der Waals surface area contributed by atoms with Crippen LogP contribution in [0.1, 0.15) is 13.8 Å². The monoisotopic (exact) mass is 216 g/mol. The number of hydrogen-bond acceptors (Lipinski definition) is 6. The van der Waals surface area contributed by atoms with Crippen LogP contribution in [0.25, 0.3) is 0 Å². The normalized spacial score (nSPS) is 9.86. The van der Waals surface area contributed by atoms with Crippen LogP contribution < -0.4 is 10.6 Å². The van der Waals surface area contributed by atoms with Crippen molar-refractivity contribution < 1.29 is 4.92 Å². The fourth-order valence-electron chi connectivity index (χ4n) is 0.945. The maximum absolute atomic E-state index is 10.6. The van der Waals surface area contributed by atoms with Gasteiger partial charge < -0.3 is 10.6 Å². The third-order valence-electron chi connectivity index (χ3n) is 1.45. The molecule has 0 fully saturated rings. The highest BCUT2D eigenvalue weighted by Gasteiger charge is 2.20. The first-order valence-corrected chi connectivity index (χ1v) is 5.13. The smallest absolute Gasteiger partial charge is 0.364 e. The van der Waals surface area contributed by atoms with Gasteiger partial charge in [-0.15, -0.1) is 0 Å². The van der Waals surface area contributed by atoms with Gasteiger partial charge >= 0.3 is 5.00 Å². The second-order valence-electron chi connectivity index (χ2n) is 2.49. The van der Waals surface area contributed by atoms with E-state index in [1.165, 1.54) is 0 Å². The van der Waals surface area contributed by atoms with Gasteiger partial charge in [0.2, 0.25) is 5.82 Å².